The number of nitrogens with one attached hydrogen (secondary N) is 1. The Morgan fingerprint density at radius 2 is 2.00 bits per heavy atom. The van der Waals surface area contributed by atoms with E-state index in [0.29, 0.717) is 16.3 Å². The molecule has 0 radical (unpaired) electrons. The average molecular weight is 411 g/mol. The first-order chi connectivity index (χ1) is 14.1. The lowest BCUT2D eigenvalue weighted by Gasteiger charge is -2.22. The van der Waals surface area contributed by atoms with Crippen molar-refractivity contribution in [2.24, 2.45) is 0 Å². The summed E-state index contributed by atoms with van der Waals surface area (Å²) < 4.78 is 5.33. The summed E-state index contributed by atoms with van der Waals surface area (Å²) in [6.07, 6.45) is 2.53. The molecule has 1 aromatic heterocycles. The molecule has 1 aliphatic heterocycles. The van der Waals surface area contributed by atoms with E-state index in [4.69, 9.17) is 4.74 Å². The van der Waals surface area contributed by atoms with Crippen LogP contribution in [0.2, 0.25) is 0 Å². The Hall–Kier alpha value is -2.89. The molecule has 7 nitrogen and oxygen atoms in total. The van der Waals surface area contributed by atoms with Crippen LogP contribution in [-0.4, -0.2) is 40.7 Å². The maximum Gasteiger partial charge on any atom is 0.416 e. The number of thiophene rings is 1. The summed E-state index contributed by atoms with van der Waals surface area (Å²) >= 11 is 1.44. The molecule has 0 saturated carbocycles. The number of nitrogens with zero attached hydrogens (tertiary/aromatic N) is 2. The number of likely N-dealkylation sites (tertiary alicyclic amines) is 1. The van der Waals surface area contributed by atoms with Gasteiger partial charge in [-0.2, -0.15) is 5.26 Å². The Morgan fingerprint density at radius 1 is 1.24 bits per heavy atom. The number of β-amino-alcohol motifs (C(OH)–C–C–N with tert-alkyl or cyclic N) is 1. The van der Waals surface area contributed by atoms with E-state index in [2.05, 4.69) is 11.4 Å². The number of anilines is 1. The predicted octanol–water partition coefficient (Wildman–Crippen LogP) is 3.07. The minimum Gasteiger partial charge on any atom is -0.410 e. The van der Waals surface area contributed by atoms with E-state index in [9.17, 15) is 20.0 Å². The number of hydrogen-bond donors (Lipinski definition) is 2. The van der Waals surface area contributed by atoms with Gasteiger partial charge in [0.05, 0.1) is 18.2 Å². The van der Waals surface area contributed by atoms with Gasteiger partial charge in [0.2, 0.25) is 5.91 Å². The van der Waals surface area contributed by atoms with E-state index in [-0.39, 0.29) is 13.0 Å². The van der Waals surface area contributed by atoms with Crippen LogP contribution in [0.15, 0.2) is 30.3 Å². The molecule has 4 rings (SSSR count). The van der Waals surface area contributed by atoms with Gasteiger partial charge in [-0.1, -0.05) is 18.2 Å². The van der Waals surface area contributed by atoms with Gasteiger partial charge in [0.25, 0.3) is 0 Å². The summed E-state index contributed by atoms with van der Waals surface area (Å²) in [7, 11) is 0. The second kappa shape index (κ2) is 8.23. The van der Waals surface area contributed by atoms with Gasteiger partial charge in [-0.05, 0) is 43.4 Å². The summed E-state index contributed by atoms with van der Waals surface area (Å²) in [6, 6.07) is 9.95. The fraction of sp³-hybridized carbons (Fsp3) is 0.381. The monoisotopic (exact) mass is 411 g/mol. The predicted molar refractivity (Wildman–Crippen MR) is 108 cm³/mol. The first-order valence-corrected chi connectivity index (χ1v) is 10.5. The van der Waals surface area contributed by atoms with Crippen LogP contribution in [0.1, 0.15) is 35.3 Å². The highest BCUT2D eigenvalue weighted by Crippen LogP contribution is 2.38. The number of nitriles is 1. The van der Waals surface area contributed by atoms with Crippen molar-refractivity contribution in [2.45, 2.75) is 44.2 Å². The molecule has 2 N–H and O–H groups in total. The molecule has 1 saturated heterocycles. The topological polar surface area (TPSA) is 103 Å². The Balaban J connectivity index is 1.51. The van der Waals surface area contributed by atoms with Crippen molar-refractivity contribution in [3.05, 3.63) is 46.3 Å². The number of carbonyl (C=O) groups is 2. The summed E-state index contributed by atoms with van der Waals surface area (Å²) in [5, 5.41) is 23.0. The van der Waals surface area contributed by atoms with Crippen LogP contribution < -0.4 is 10.1 Å². The number of fused-ring (bicyclic) bond motifs is 1. The highest BCUT2D eigenvalue weighted by Gasteiger charge is 2.40. The van der Waals surface area contributed by atoms with E-state index < -0.39 is 24.1 Å². The van der Waals surface area contributed by atoms with Crippen LogP contribution in [0.4, 0.5) is 9.80 Å². The third-order valence-electron chi connectivity index (χ3n) is 5.28. The average Bonchev–Trinajstić information content (AvgIpc) is 3.28. The van der Waals surface area contributed by atoms with E-state index in [0.717, 1.165) is 36.1 Å². The Bertz CT molecular complexity index is 966. The third-order valence-corrected chi connectivity index (χ3v) is 6.49. The fourth-order valence-corrected chi connectivity index (χ4v) is 5.12. The zero-order valence-corrected chi connectivity index (χ0v) is 16.6. The van der Waals surface area contributed by atoms with Crippen LogP contribution in [0, 0.1) is 11.3 Å². The molecule has 0 bridgehead atoms. The normalized spacial score (nSPS) is 20.6. The molecule has 1 aromatic carbocycles. The van der Waals surface area contributed by atoms with Gasteiger partial charge in [-0.25, -0.2) is 4.79 Å². The molecular weight excluding hydrogens is 390 g/mol. The number of ether oxygens (including phenoxy) is 1. The molecule has 0 spiro atoms. The Kier molecular flexibility index (Phi) is 5.51. The SMILES string of the molecule is N#Cc1c(NC(=O)[C@H]2C[C@H](O)CN2C(=O)Oc2ccccc2)sc2c1CCCC2. The zero-order chi connectivity index (χ0) is 20.4. The number of carbonyl (C=O) groups excluding carboxylic acids is 2. The number of rotatable bonds is 3. The fourth-order valence-electron chi connectivity index (χ4n) is 3.88. The first kappa shape index (κ1) is 19.4. The maximum absolute atomic E-state index is 12.9. The molecule has 2 aliphatic rings. The van der Waals surface area contributed by atoms with E-state index in [1.807, 2.05) is 0 Å². The molecule has 1 aliphatic carbocycles. The number of benzene rings is 1. The van der Waals surface area contributed by atoms with Crippen molar-refractivity contribution >= 4 is 28.3 Å². The molecule has 2 atom stereocenters. The quantitative estimate of drug-likeness (QED) is 0.808. The number of hydrogen-bond acceptors (Lipinski definition) is 6. The van der Waals surface area contributed by atoms with Gasteiger partial charge < -0.3 is 15.2 Å². The van der Waals surface area contributed by atoms with E-state index >= 15 is 0 Å². The Morgan fingerprint density at radius 3 is 2.76 bits per heavy atom. The standard InChI is InChI=1S/C21H21N3O4S/c22-11-16-15-8-4-5-9-18(15)29-20(16)23-19(26)17-10-13(25)12-24(17)21(27)28-14-6-2-1-3-7-14/h1-3,6-7,13,17,25H,4-5,8-10,12H2,(H,23,26)/t13-,17+/m0/s1. The number of aryl methyl sites for hydroxylation is 1. The van der Waals surface area contributed by atoms with Crippen molar-refractivity contribution in [2.75, 3.05) is 11.9 Å². The first-order valence-electron chi connectivity index (χ1n) is 9.64. The molecule has 29 heavy (non-hydrogen) atoms. The third kappa shape index (κ3) is 3.97. The molecular formula is C21H21N3O4S. The van der Waals surface area contributed by atoms with Crippen LogP contribution in [-0.2, 0) is 17.6 Å². The minimum absolute atomic E-state index is 0.0236. The van der Waals surface area contributed by atoms with Gasteiger partial charge in [0.15, 0.2) is 0 Å². The van der Waals surface area contributed by atoms with Crippen LogP contribution >= 0.6 is 11.3 Å². The lowest BCUT2D eigenvalue weighted by molar-refractivity contribution is -0.119. The van der Waals surface area contributed by atoms with E-state index in [1.165, 1.54) is 16.2 Å². The Labute approximate surface area is 172 Å². The van der Waals surface area contributed by atoms with Crippen molar-refractivity contribution < 1.29 is 19.4 Å². The molecule has 1 fully saturated rings. The second-order valence-electron chi connectivity index (χ2n) is 7.25. The molecule has 0 unspecified atom stereocenters. The lowest BCUT2D eigenvalue weighted by Crippen LogP contribution is -2.44. The van der Waals surface area contributed by atoms with Gasteiger partial charge in [-0.3, -0.25) is 9.69 Å². The second-order valence-corrected chi connectivity index (χ2v) is 8.36. The molecule has 2 aromatic rings. The smallest absolute Gasteiger partial charge is 0.410 e. The van der Waals surface area contributed by atoms with Gasteiger partial charge >= 0.3 is 6.09 Å². The van der Waals surface area contributed by atoms with Gasteiger partial charge in [0, 0.05) is 11.3 Å². The van der Waals surface area contributed by atoms with Gasteiger partial charge in [-0.15, -0.1) is 11.3 Å². The molecule has 8 heteroatoms. The zero-order valence-electron chi connectivity index (χ0n) is 15.8. The maximum atomic E-state index is 12.9. The van der Waals surface area contributed by atoms with Crippen molar-refractivity contribution in [3.63, 3.8) is 0 Å². The van der Waals surface area contributed by atoms with E-state index in [1.54, 1.807) is 30.3 Å². The molecule has 2 heterocycles. The largest absolute Gasteiger partial charge is 0.416 e. The summed E-state index contributed by atoms with van der Waals surface area (Å²) in [6.45, 7) is 0.0236. The minimum atomic E-state index is -0.855. The summed E-state index contributed by atoms with van der Waals surface area (Å²) in [5.74, 6) is -0.0441. The highest BCUT2D eigenvalue weighted by molar-refractivity contribution is 7.16. The number of para-hydroxylation sites is 1. The summed E-state index contributed by atoms with van der Waals surface area (Å²) in [4.78, 5) is 27.9. The van der Waals surface area contributed by atoms with Crippen molar-refractivity contribution in [3.8, 4) is 11.8 Å². The van der Waals surface area contributed by atoms with Crippen molar-refractivity contribution in [1.82, 2.24) is 4.90 Å². The molecule has 2 amide bonds. The van der Waals surface area contributed by atoms with Gasteiger partial charge in [0.1, 0.15) is 22.9 Å². The number of amides is 2. The summed E-state index contributed by atoms with van der Waals surface area (Å²) in [5.41, 5.74) is 1.56. The molecule has 150 valence electrons. The number of aliphatic hydroxyl groups excluding tert-OH is 1. The lowest BCUT2D eigenvalue weighted by atomic mass is 9.96. The van der Waals surface area contributed by atoms with Crippen molar-refractivity contribution in [1.29, 1.82) is 5.26 Å². The highest BCUT2D eigenvalue weighted by atomic mass is 32.1. The number of aliphatic hydroxyl groups is 1. The van der Waals surface area contributed by atoms with Crippen LogP contribution in [0.25, 0.3) is 0 Å². The van der Waals surface area contributed by atoms with Crippen LogP contribution in [0.3, 0.4) is 0 Å². The van der Waals surface area contributed by atoms with Crippen LogP contribution in [0.5, 0.6) is 5.75 Å².